The molecular formula is C20H21ClN4O. The van der Waals surface area contributed by atoms with Gasteiger partial charge in [-0.2, -0.15) is 0 Å². The first-order valence-corrected chi connectivity index (χ1v) is 9.19. The van der Waals surface area contributed by atoms with Crippen LogP contribution in [-0.4, -0.2) is 45.9 Å². The average Bonchev–Trinajstić information content (AvgIpc) is 3.13. The molecule has 0 N–H and O–H groups in total. The molecule has 134 valence electrons. The molecule has 0 amide bonds. The molecule has 6 heteroatoms. The molecule has 5 nitrogen and oxygen atoms in total. The summed E-state index contributed by atoms with van der Waals surface area (Å²) < 4.78 is 5.92. The summed E-state index contributed by atoms with van der Waals surface area (Å²) >= 11 is 5.94. The smallest absolute Gasteiger partial charge is 0.209 e. The SMILES string of the molecule is Clc1ccc(-c2cnc(CN3CCN(Cc4ccccn4)CC3)o2)cc1. The van der Waals surface area contributed by atoms with E-state index in [-0.39, 0.29) is 0 Å². The van der Waals surface area contributed by atoms with Gasteiger partial charge < -0.3 is 4.42 Å². The van der Waals surface area contributed by atoms with Crippen LogP contribution >= 0.6 is 11.6 Å². The van der Waals surface area contributed by atoms with Crippen molar-refractivity contribution in [3.63, 3.8) is 0 Å². The Balaban J connectivity index is 1.30. The van der Waals surface area contributed by atoms with E-state index in [0.29, 0.717) is 0 Å². The molecule has 0 aliphatic carbocycles. The maximum absolute atomic E-state index is 5.94. The third-order valence-electron chi connectivity index (χ3n) is 4.62. The molecule has 0 radical (unpaired) electrons. The molecule has 1 aliphatic rings. The maximum Gasteiger partial charge on any atom is 0.209 e. The topological polar surface area (TPSA) is 45.4 Å². The largest absolute Gasteiger partial charge is 0.439 e. The second-order valence-electron chi connectivity index (χ2n) is 6.50. The Morgan fingerprint density at radius 3 is 2.31 bits per heavy atom. The first-order chi connectivity index (χ1) is 12.8. The first-order valence-electron chi connectivity index (χ1n) is 8.81. The molecule has 1 aromatic carbocycles. The van der Waals surface area contributed by atoms with Crippen LogP contribution < -0.4 is 0 Å². The highest BCUT2D eigenvalue weighted by Gasteiger charge is 2.19. The van der Waals surface area contributed by atoms with E-state index < -0.39 is 0 Å². The van der Waals surface area contributed by atoms with Crippen LogP contribution in [0.5, 0.6) is 0 Å². The predicted molar refractivity (Wildman–Crippen MR) is 102 cm³/mol. The predicted octanol–water partition coefficient (Wildman–Crippen LogP) is 3.71. The Morgan fingerprint density at radius 1 is 0.885 bits per heavy atom. The van der Waals surface area contributed by atoms with Crippen LogP contribution in [0.3, 0.4) is 0 Å². The van der Waals surface area contributed by atoms with Crippen molar-refractivity contribution in [2.75, 3.05) is 26.2 Å². The standard InChI is InChI=1S/C20H21ClN4O/c21-17-6-4-16(5-7-17)19-13-23-20(26-19)15-25-11-9-24(10-12-25)14-18-3-1-2-8-22-18/h1-8,13H,9-12,14-15H2. The average molecular weight is 369 g/mol. The van der Waals surface area contributed by atoms with E-state index in [4.69, 9.17) is 16.0 Å². The molecule has 4 rings (SSSR count). The zero-order valence-electron chi connectivity index (χ0n) is 14.5. The quantitative estimate of drug-likeness (QED) is 0.687. The van der Waals surface area contributed by atoms with Gasteiger partial charge in [0, 0.05) is 49.5 Å². The number of nitrogens with zero attached hydrogens (tertiary/aromatic N) is 4. The highest BCUT2D eigenvalue weighted by Crippen LogP contribution is 2.23. The summed E-state index contributed by atoms with van der Waals surface area (Å²) in [6.07, 6.45) is 3.64. The number of hydrogen-bond acceptors (Lipinski definition) is 5. The molecule has 3 heterocycles. The number of rotatable bonds is 5. The number of piperazine rings is 1. The molecule has 0 atom stereocenters. The van der Waals surface area contributed by atoms with Crippen LogP contribution in [-0.2, 0) is 13.1 Å². The Bertz CT molecular complexity index is 827. The zero-order valence-corrected chi connectivity index (χ0v) is 15.3. The van der Waals surface area contributed by atoms with Crippen LogP contribution in [0.1, 0.15) is 11.6 Å². The number of oxazole rings is 1. The summed E-state index contributed by atoms with van der Waals surface area (Å²) in [6.45, 7) is 5.72. The van der Waals surface area contributed by atoms with Gasteiger partial charge in [-0.1, -0.05) is 17.7 Å². The Kier molecular flexibility index (Phi) is 5.29. The summed E-state index contributed by atoms with van der Waals surface area (Å²) in [4.78, 5) is 13.7. The molecule has 26 heavy (non-hydrogen) atoms. The Morgan fingerprint density at radius 2 is 1.62 bits per heavy atom. The van der Waals surface area contributed by atoms with Crippen molar-refractivity contribution in [2.45, 2.75) is 13.1 Å². The number of halogens is 1. The molecule has 1 aliphatic heterocycles. The van der Waals surface area contributed by atoms with Crippen LogP contribution in [0, 0.1) is 0 Å². The molecule has 3 aromatic rings. The second-order valence-corrected chi connectivity index (χ2v) is 6.93. The molecule has 1 saturated heterocycles. The highest BCUT2D eigenvalue weighted by molar-refractivity contribution is 6.30. The third-order valence-corrected chi connectivity index (χ3v) is 4.87. The Labute approximate surface area is 158 Å². The van der Waals surface area contributed by atoms with E-state index >= 15 is 0 Å². The summed E-state index contributed by atoms with van der Waals surface area (Å²) in [6, 6.07) is 13.7. The summed E-state index contributed by atoms with van der Waals surface area (Å²) in [5, 5.41) is 0.720. The lowest BCUT2D eigenvalue weighted by Gasteiger charge is -2.33. The molecule has 0 bridgehead atoms. The van der Waals surface area contributed by atoms with Crippen LogP contribution in [0.4, 0.5) is 0 Å². The van der Waals surface area contributed by atoms with E-state index in [0.717, 1.165) is 67.2 Å². The second kappa shape index (κ2) is 7.99. The van der Waals surface area contributed by atoms with E-state index in [1.54, 1.807) is 6.20 Å². The molecule has 1 fully saturated rings. The van der Waals surface area contributed by atoms with Crippen molar-refractivity contribution in [1.82, 2.24) is 19.8 Å². The fraction of sp³-hybridized carbons (Fsp3) is 0.300. The van der Waals surface area contributed by atoms with Gasteiger partial charge in [-0.3, -0.25) is 14.8 Å². The zero-order chi connectivity index (χ0) is 17.8. The lowest BCUT2D eigenvalue weighted by atomic mass is 10.2. The van der Waals surface area contributed by atoms with Gasteiger partial charge in [-0.05, 0) is 36.4 Å². The number of benzene rings is 1. The lowest BCUT2D eigenvalue weighted by Crippen LogP contribution is -2.45. The van der Waals surface area contributed by atoms with Gasteiger partial charge in [0.25, 0.3) is 0 Å². The van der Waals surface area contributed by atoms with Crippen molar-refractivity contribution in [3.05, 3.63) is 71.5 Å². The molecule has 0 saturated carbocycles. The molecule has 0 unspecified atom stereocenters. The van der Waals surface area contributed by atoms with Crippen molar-refractivity contribution >= 4 is 11.6 Å². The van der Waals surface area contributed by atoms with E-state index in [1.165, 1.54) is 0 Å². The number of aromatic nitrogens is 2. The van der Waals surface area contributed by atoms with E-state index in [9.17, 15) is 0 Å². The maximum atomic E-state index is 5.94. The molecule has 2 aromatic heterocycles. The van der Waals surface area contributed by atoms with Gasteiger partial charge in [-0.25, -0.2) is 4.98 Å². The fourth-order valence-electron chi connectivity index (χ4n) is 3.15. The monoisotopic (exact) mass is 368 g/mol. The van der Waals surface area contributed by atoms with Crippen molar-refractivity contribution < 1.29 is 4.42 Å². The van der Waals surface area contributed by atoms with E-state index in [1.807, 2.05) is 42.6 Å². The van der Waals surface area contributed by atoms with Crippen molar-refractivity contribution in [3.8, 4) is 11.3 Å². The third kappa shape index (κ3) is 4.30. The first kappa shape index (κ1) is 17.2. The van der Waals surface area contributed by atoms with Crippen LogP contribution in [0.25, 0.3) is 11.3 Å². The van der Waals surface area contributed by atoms with Crippen molar-refractivity contribution in [1.29, 1.82) is 0 Å². The normalized spacial score (nSPS) is 16.0. The van der Waals surface area contributed by atoms with E-state index in [2.05, 4.69) is 25.8 Å². The van der Waals surface area contributed by atoms with Gasteiger partial charge in [-0.15, -0.1) is 0 Å². The fourth-order valence-corrected chi connectivity index (χ4v) is 3.27. The summed E-state index contributed by atoms with van der Waals surface area (Å²) in [5.41, 5.74) is 2.12. The number of pyridine rings is 1. The van der Waals surface area contributed by atoms with Gasteiger partial charge in [0.1, 0.15) is 0 Å². The molecule has 0 spiro atoms. The van der Waals surface area contributed by atoms with Crippen LogP contribution in [0.2, 0.25) is 5.02 Å². The highest BCUT2D eigenvalue weighted by atomic mass is 35.5. The summed E-state index contributed by atoms with van der Waals surface area (Å²) in [5.74, 6) is 1.54. The molecular weight excluding hydrogens is 348 g/mol. The summed E-state index contributed by atoms with van der Waals surface area (Å²) in [7, 11) is 0. The minimum atomic E-state index is 0.720. The minimum Gasteiger partial charge on any atom is -0.439 e. The van der Waals surface area contributed by atoms with Crippen molar-refractivity contribution in [2.24, 2.45) is 0 Å². The van der Waals surface area contributed by atoms with Gasteiger partial charge >= 0.3 is 0 Å². The van der Waals surface area contributed by atoms with Gasteiger partial charge in [0.05, 0.1) is 18.4 Å². The lowest BCUT2D eigenvalue weighted by molar-refractivity contribution is 0.114. The van der Waals surface area contributed by atoms with Gasteiger partial charge in [0.15, 0.2) is 5.76 Å². The number of hydrogen-bond donors (Lipinski definition) is 0. The van der Waals surface area contributed by atoms with Crippen LogP contribution in [0.15, 0.2) is 59.3 Å². The Hall–Kier alpha value is -2.21. The minimum absolute atomic E-state index is 0.720. The van der Waals surface area contributed by atoms with Gasteiger partial charge in [0.2, 0.25) is 5.89 Å².